The zero-order valence-electron chi connectivity index (χ0n) is 15.9. The lowest BCUT2D eigenvalue weighted by Gasteiger charge is -2.11. The van der Waals surface area contributed by atoms with E-state index in [4.69, 9.17) is 14.2 Å². The van der Waals surface area contributed by atoms with Crippen LogP contribution in [0.2, 0.25) is 0 Å². The molecule has 0 aliphatic heterocycles. The predicted molar refractivity (Wildman–Crippen MR) is 114 cm³/mol. The van der Waals surface area contributed by atoms with Gasteiger partial charge in [-0.05, 0) is 67.1 Å². The van der Waals surface area contributed by atoms with E-state index < -0.39 is 0 Å². The zero-order chi connectivity index (χ0) is 19.6. The van der Waals surface area contributed by atoms with Gasteiger partial charge in [-0.3, -0.25) is 4.99 Å². The first kappa shape index (κ1) is 19.2. The van der Waals surface area contributed by atoms with Crippen molar-refractivity contribution in [3.63, 3.8) is 0 Å². The molecule has 0 fully saturated rings. The average Bonchev–Trinajstić information content (AvgIpc) is 2.73. The van der Waals surface area contributed by atoms with Gasteiger partial charge in [0.05, 0.1) is 12.3 Å². The highest BCUT2D eigenvalue weighted by molar-refractivity contribution is 5.83. The Bertz CT molecular complexity index is 918. The van der Waals surface area contributed by atoms with Gasteiger partial charge in [-0.25, -0.2) is 0 Å². The van der Waals surface area contributed by atoms with E-state index in [1.165, 1.54) is 0 Å². The van der Waals surface area contributed by atoms with E-state index >= 15 is 0 Å². The molecule has 4 nitrogen and oxygen atoms in total. The van der Waals surface area contributed by atoms with E-state index in [1.54, 1.807) is 12.3 Å². The average molecular weight is 373 g/mol. The lowest BCUT2D eigenvalue weighted by molar-refractivity contribution is 0.297. The third-order valence-corrected chi connectivity index (χ3v) is 3.80. The number of para-hydroxylation sites is 1. The van der Waals surface area contributed by atoms with E-state index in [9.17, 15) is 0 Å². The molecule has 0 aliphatic carbocycles. The normalized spacial score (nSPS) is 10.6. The van der Waals surface area contributed by atoms with Crippen molar-refractivity contribution in [1.82, 2.24) is 0 Å². The van der Waals surface area contributed by atoms with Crippen molar-refractivity contribution in [2.75, 3.05) is 13.2 Å². The highest BCUT2D eigenvalue weighted by Gasteiger charge is 2.05. The molecule has 0 atom stereocenters. The molecule has 4 heteroatoms. The fraction of sp³-hybridized carbons (Fsp3) is 0.125. The van der Waals surface area contributed by atoms with Crippen LogP contribution in [0.1, 0.15) is 12.5 Å². The van der Waals surface area contributed by atoms with Crippen molar-refractivity contribution in [2.24, 2.45) is 4.99 Å². The molecule has 0 N–H and O–H groups in total. The topological polar surface area (TPSA) is 40.0 Å². The maximum absolute atomic E-state index is 5.79. The number of ether oxygens (including phenoxy) is 3. The monoisotopic (exact) mass is 373 g/mol. The van der Waals surface area contributed by atoms with Crippen molar-refractivity contribution in [3.8, 4) is 23.0 Å². The van der Waals surface area contributed by atoms with Crippen molar-refractivity contribution < 1.29 is 14.2 Å². The molecule has 3 rings (SSSR count). The van der Waals surface area contributed by atoms with Crippen LogP contribution in [0.25, 0.3) is 0 Å². The minimum atomic E-state index is 0.435. The zero-order valence-corrected chi connectivity index (χ0v) is 15.9. The summed E-state index contributed by atoms with van der Waals surface area (Å²) in [5.74, 6) is 2.97. The van der Waals surface area contributed by atoms with Gasteiger partial charge < -0.3 is 14.2 Å². The summed E-state index contributed by atoms with van der Waals surface area (Å²) in [5, 5.41) is 0. The molecule has 0 amide bonds. The first-order valence-electron chi connectivity index (χ1n) is 9.16. The molecule has 0 bridgehead atoms. The third-order valence-electron chi connectivity index (χ3n) is 3.80. The van der Waals surface area contributed by atoms with Crippen molar-refractivity contribution in [2.45, 2.75) is 6.92 Å². The van der Waals surface area contributed by atoms with Crippen LogP contribution in [-0.4, -0.2) is 19.4 Å². The Kier molecular flexibility index (Phi) is 6.85. The molecule has 0 saturated carbocycles. The van der Waals surface area contributed by atoms with E-state index in [-0.39, 0.29) is 0 Å². The van der Waals surface area contributed by atoms with E-state index in [2.05, 4.69) is 11.6 Å². The number of hydrogen-bond acceptors (Lipinski definition) is 4. The smallest absolute Gasteiger partial charge is 0.161 e. The molecule has 0 aliphatic rings. The van der Waals surface area contributed by atoms with Crippen molar-refractivity contribution in [3.05, 3.63) is 91.0 Å². The van der Waals surface area contributed by atoms with Gasteiger partial charge in [0.1, 0.15) is 18.1 Å². The maximum atomic E-state index is 5.79. The van der Waals surface area contributed by atoms with Gasteiger partial charge in [0.25, 0.3) is 0 Å². The molecule has 3 aromatic carbocycles. The van der Waals surface area contributed by atoms with Gasteiger partial charge in [0, 0.05) is 6.21 Å². The standard InChI is InChI=1S/C24H23NO3/c1-3-16-27-23-15-10-19(17-24(23)26-4-2)18-25-20-11-13-22(14-12-20)28-21-8-6-5-7-9-21/h3,5-15,17-18H,1,4,16H2,2H3. The molecule has 3 aromatic rings. The van der Waals surface area contributed by atoms with Gasteiger partial charge in [0.2, 0.25) is 0 Å². The highest BCUT2D eigenvalue weighted by atomic mass is 16.5. The van der Waals surface area contributed by atoms with Gasteiger partial charge >= 0.3 is 0 Å². The Morgan fingerprint density at radius 2 is 1.61 bits per heavy atom. The molecule has 0 heterocycles. The summed E-state index contributed by atoms with van der Waals surface area (Å²) in [4.78, 5) is 4.52. The van der Waals surface area contributed by atoms with Crippen LogP contribution in [0.5, 0.6) is 23.0 Å². The summed E-state index contributed by atoms with van der Waals surface area (Å²) in [6.07, 6.45) is 3.50. The van der Waals surface area contributed by atoms with Gasteiger partial charge in [-0.15, -0.1) is 0 Å². The summed E-state index contributed by atoms with van der Waals surface area (Å²) >= 11 is 0. The molecule has 142 valence electrons. The van der Waals surface area contributed by atoms with Crippen LogP contribution in [0, 0.1) is 0 Å². The Morgan fingerprint density at radius 3 is 2.32 bits per heavy atom. The lowest BCUT2D eigenvalue weighted by Crippen LogP contribution is -1.99. The third kappa shape index (κ3) is 5.48. The number of rotatable bonds is 9. The van der Waals surface area contributed by atoms with Crippen LogP contribution in [0.4, 0.5) is 5.69 Å². The van der Waals surface area contributed by atoms with E-state index in [0.717, 1.165) is 22.7 Å². The second kappa shape index (κ2) is 9.97. The number of hydrogen-bond donors (Lipinski definition) is 0. The fourth-order valence-electron chi connectivity index (χ4n) is 2.52. The van der Waals surface area contributed by atoms with Crippen LogP contribution in [0.15, 0.2) is 90.4 Å². The molecule has 0 saturated heterocycles. The quantitative estimate of drug-likeness (QED) is 0.331. The first-order chi connectivity index (χ1) is 13.8. The maximum Gasteiger partial charge on any atom is 0.161 e. The molecule has 0 spiro atoms. The van der Waals surface area contributed by atoms with Gasteiger partial charge in [0.15, 0.2) is 11.5 Å². The molecular weight excluding hydrogens is 350 g/mol. The highest BCUT2D eigenvalue weighted by Crippen LogP contribution is 2.28. The number of aliphatic imine (C=N–C) groups is 1. The number of benzene rings is 3. The Labute approximate surface area is 165 Å². The molecule has 0 unspecified atom stereocenters. The van der Waals surface area contributed by atoms with Crippen LogP contribution in [-0.2, 0) is 0 Å². The summed E-state index contributed by atoms with van der Waals surface area (Å²) in [5.41, 5.74) is 1.77. The lowest BCUT2D eigenvalue weighted by atomic mass is 10.2. The minimum absolute atomic E-state index is 0.435. The van der Waals surface area contributed by atoms with Gasteiger partial charge in [-0.1, -0.05) is 30.9 Å². The first-order valence-corrected chi connectivity index (χ1v) is 9.16. The summed E-state index contributed by atoms with van der Waals surface area (Å²) in [7, 11) is 0. The molecule has 0 radical (unpaired) electrons. The second-order valence-electron chi connectivity index (χ2n) is 5.91. The van der Waals surface area contributed by atoms with E-state index in [1.807, 2.05) is 79.7 Å². The van der Waals surface area contributed by atoms with Gasteiger partial charge in [-0.2, -0.15) is 0 Å². The summed E-state index contributed by atoms with van der Waals surface area (Å²) in [6.45, 7) is 6.61. The Balaban J connectivity index is 1.68. The Morgan fingerprint density at radius 1 is 0.857 bits per heavy atom. The fourth-order valence-corrected chi connectivity index (χ4v) is 2.52. The largest absolute Gasteiger partial charge is 0.490 e. The summed E-state index contributed by atoms with van der Waals surface area (Å²) < 4.78 is 17.1. The van der Waals surface area contributed by atoms with E-state index in [0.29, 0.717) is 24.7 Å². The summed E-state index contributed by atoms with van der Waals surface area (Å²) in [6, 6.07) is 23.1. The Hall–Kier alpha value is -3.53. The molecule has 28 heavy (non-hydrogen) atoms. The van der Waals surface area contributed by atoms with Crippen molar-refractivity contribution >= 4 is 11.9 Å². The SMILES string of the molecule is C=CCOc1ccc(C=Nc2ccc(Oc3ccccc3)cc2)cc1OCC. The predicted octanol–water partition coefficient (Wildman–Crippen LogP) is 6.19. The van der Waals surface area contributed by atoms with Crippen LogP contribution < -0.4 is 14.2 Å². The second-order valence-corrected chi connectivity index (χ2v) is 5.91. The van der Waals surface area contributed by atoms with Crippen LogP contribution in [0.3, 0.4) is 0 Å². The van der Waals surface area contributed by atoms with Crippen molar-refractivity contribution in [1.29, 1.82) is 0 Å². The number of nitrogens with zero attached hydrogens (tertiary/aromatic N) is 1. The minimum Gasteiger partial charge on any atom is -0.490 e. The molecular formula is C24H23NO3. The van der Waals surface area contributed by atoms with Crippen LogP contribution >= 0.6 is 0 Å². The molecule has 0 aromatic heterocycles.